The molecule has 0 aliphatic heterocycles. The summed E-state index contributed by atoms with van der Waals surface area (Å²) in [5.74, 6) is 0.763. The zero-order chi connectivity index (χ0) is 18.6. The van der Waals surface area contributed by atoms with Gasteiger partial charge in [0.2, 0.25) is 0 Å². The van der Waals surface area contributed by atoms with Gasteiger partial charge in [-0.2, -0.15) is 0 Å². The average molecular weight is 371 g/mol. The molecule has 0 spiro atoms. The van der Waals surface area contributed by atoms with Gasteiger partial charge in [-0.15, -0.1) is 0 Å². The van der Waals surface area contributed by atoms with Gasteiger partial charge in [0.25, 0.3) is 0 Å². The van der Waals surface area contributed by atoms with Crippen molar-refractivity contribution in [2.75, 3.05) is 6.61 Å². The van der Waals surface area contributed by atoms with Crippen molar-refractivity contribution < 1.29 is 4.74 Å². The summed E-state index contributed by atoms with van der Waals surface area (Å²) >= 11 is 11.5. The fraction of sp³-hybridized carbons (Fsp3) is 0.364. The largest absolute Gasteiger partial charge is 0.483 e. The molecule has 2 rings (SSSR count). The van der Waals surface area contributed by atoms with E-state index in [1.165, 1.54) is 11.1 Å². The van der Waals surface area contributed by atoms with Gasteiger partial charge in [-0.05, 0) is 53.7 Å². The zero-order valence-corrected chi connectivity index (χ0v) is 17.3. The summed E-state index contributed by atoms with van der Waals surface area (Å²) in [5.41, 5.74) is 5.52. The highest BCUT2D eigenvalue weighted by atomic mass is 32.1. The highest BCUT2D eigenvalue weighted by molar-refractivity contribution is 7.81. The molecule has 0 fully saturated rings. The van der Waals surface area contributed by atoms with Crippen LogP contribution in [0.1, 0.15) is 74.3 Å². The van der Waals surface area contributed by atoms with Gasteiger partial charge in [0.05, 0.1) is 11.5 Å². The van der Waals surface area contributed by atoms with Crippen molar-refractivity contribution in [1.82, 2.24) is 0 Å². The minimum atomic E-state index is 0.346. The molecule has 0 unspecified atom stereocenters. The van der Waals surface area contributed by atoms with Gasteiger partial charge in [-0.1, -0.05) is 76.3 Å². The van der Waals surface area contributed by atoms with E-state index >= 15 is 0 Å². The first-order valence-electron chi connectivity index (χ1n) is 8.81. The molecule has 0 aromatic heterocycles. The van der Waals surface area contributed by atoms with Crippen LogP contribution in [0.15, 0.2) is 42.5 Å². The lowest BCUT2D eigenvalue weighted by Gasteiger charge is -2.22. The third-order valence-electron chi connectivity index (χ3n) is 4.24. The first-order valence-corrected chi connectivity index (χ1v) is 9.63. The summed E-state index contributed by atoms with van der Waals surface area (Å²) in [5, 5.41) is 0.528. The van der Waals surface area contributed by atoms with E-state index in [4.69, 9.17) is 29.2 Å². The van der Waals surface area contributed by atoms with Crippen molar-refractivity contribution in [3.63, 3.8) is 0 Å². The van der Waals surface area contributed by atoms with Crippen LogP contribution in [0.2, 0.25) is 0 Å². The third-order valence-corrected chi connectivity index (χ3v) is 5.02. The molecule has 0 N–H and O–H groups in total. The number of hydrogen-bond acceptors (Lipinski definition) is 3. The number of hydrogen-bond donors (Lipinski definition) is 0. The van der Waals surface area contributed by atoms with Crippen LogP contribution in [0.4, 0.5) is 0 Å². The highest BCUT2D eigenvalue weighted by Crippen LogP contribution is 2.31. The molecular weight excluding hydrogens is 344 g/mol. The normalized spacial score (nSPS) is 11.0. The van der Waals surface area contributed by atoms with E-state index in [9.17, 15) is 0 Å². The molecular formula is C22H26OS2. The zero-order valence-electron chi connectivity index (χ0n) is 15.6. The van der Waals surface area contributed by atoms with Gasteiger partial charge >= 0.3 is 0 Å². The molecule has 0 atom stereocenters. The topological polar surface area (TPSA) is 9.23 Å². The third kappa shape index (κ3) is 4.53. The predicted octanol–water partition coefficient (Wildman–Crippen LogP) is 6.41. The summed E-state index contributed by atoms with van der Waals surface area (Å²) < 4.78 is 5.70. The van der Waals surface area contributed by atoms with E-state index in [-0.39, 0.29) is 0 Å². The Morgan fingerprint density at radius 1 is 0.960 bits per heavy atom. The molecule has 3 heteroatoms. The van der Waals surface area contributed by atoms with Crippen molar-refractivity contribution >= 4 is 34.4 Å². The average Bonchev–Trinajstić information content (AvgIpc) is 2.60. The summed E-state index contributed by atoms with van der Waals surface area (Å²) in [6.45, 7) is 11.3. The second-order valence-corrected chi connectivity index (χ2v) is 7.54. The Labute approximate surface area is 162 Å². The molecule has 25 heavy (non-hydrogen) atoms. The van der Waals surface area contributed by atoms with Crippen LogP contribution in [0.3, 0.4) is 0 Å². The Bertz CT molecular complexity index is 761. The second-order valence-electron chi connectivity index (χ2n) is 6.76. The quantitative estimate of drug-likeness (QED) is 0.429. The number of rotatable bonds is 6. The van der Waals surface area contributed by atoms with E-state index in [0.29, 0.717) is 23.5 Å². The molecule has 1 nitrogen and oxygen atoms in total. The van der Waals surface area contributed by atoms with Crippen LogP contribution in [-0.4, -0.2) is 16.5 Å². The molecule has 0 heterocycles. The van der Waals surface area contributed by atoms with Crippen molar-refractivity contribution in [1.29, 1.82) is 0 Å². The molecule has 2 aromatic rings. The van der Waals surface area contributed by atoms with E-state index in [1.54, 1.807) is 0 Å². The van der Waals surface area contributed by atoms with Crippen molar-refractivity contribution in [3.8, 4) is 0 Å². The maximum Gasteiger partial charge on any atom is 0.191 e. The van der Waals surface area contributed by atoms with E-state index in [1.807, 2.05) is 25.1 Å². The molecule has 0 radical (unpaired) electrons. The number of benzene rings is 2. The van der Waals surface area contributed by atoms with Gasteiger partial charge in [-0.3, -0.25) is 0 Å². The Hall–Kier alpha value is -1.58. The summed E-state index contributed by atoms with van der Waals surface area (Å²) in [6.07, 6.45) is 0. The van der Waals surface area contributed by atoms with Crippen LogP contribution in [-0.2, 0) is 4.74 Å². The Kier molecular flexibility index (Phi) is 6.86. The number of ether oxygens (including phenoxy) is 1. The second kappa shape index (κ2) is 8.68. The maximum atomic E-state index is 5.88. The lowest BCUT2D eigenvalue weighted by molar-refractivity contribution is 0.337. The Morgan fingerprint density at radius 3 is 2.12 bits per heavy atom. The molecule has 0 amide bonds. The Morgan fingerprint density at radius 2 is 1.60 bits per heavy atom. The SMILES string of the molecule is CCOC(=S)c1cc(C(C)C)cc(C(C)C)c1C(=S)c1ccccc1. The van der Waals surface area contributed by atoms with Crippen LogP contribution < -0.4 is 0 Å². The Balaban J connectivity index is 2.73. The lowest BCUT2D eigenvalue weighted by atomic mass is 9.85. The van der Waals surface area contributed by atoms with Crippen LogP contribution in [0.25, 0.3) is 0 Å². The molecule has 0 bridgehead atoms. The molecule has 0 aliphatic rings. The fourth-order valence-corrected chi connectivity index (χ4v) is 3.48. The van der Waals surface area contributed by atoms with Crippen molar-refractivity contribution in [2.24, 2.45) is 0 Å². The van der Waals surface area contributed by atoms with Crippen molar-refractivity contribution in [3.05, 3.63) is 70.3 Å². The molecule has 0 saturated heterocycles. The van der Waals surface area contributed by atoms with E-state index in [0.717, 1.165) is 21.6 Å². The molecule has 0 saturated carbocycles. The highest BCUT2D eigenvalue weighted by Gasteiger charge is 2.22. The minimum absolute atomic E-state index is 0.346. The van der Waals surface area contributed by atoms with Gasteiger partial charge in [0, 0.05) is 11.1 Å². The van der Waals surface area contributed by atoms with Crippen LogP contribution >= 0.6 is 24.4 Å². The van der Waals surface area contributed by atoms with Crippen LogP contribution in [0, 0.1) is 0 Å². The molecule has 0 aliphatic carbocycles. The smallest absolute Gasteiger partial charge is 0.191 e. The molecule has 2 aromatic carbocycles. The number of thiocarbonyl (C=S) groups is 2. The van der Waals surface area contributed by atoms with Gasteiger partial charge in [0.1, 0.15) is 0 Å². The summed E-state index contributed by atoms with van der Waals surface area (Å²) in [6, 6.07) is 14.6. The summed E-state index contributed by atoms with van der Waals surface area (Å²) in [7, 11) is 0. The van der Waals surface area contributed by atoms with E-state index in [2.05, 4.69) is 52.0 Å². The van der Waals surface area contributed by atoms with Gasteiger partial charge in [0.15, 0.2) is 5.05 Å². The predicted molar refractivity (Wildman–Crippen MR) is 115 cm³/mol. The van der Waals surface area contributed by atoms with Gasteiger partial charge in [-0.25, -0.2) is 0 Å². The standard InChI is InChI=1S/C22H26OS2/c1-6-23-22(25)19-13-17(14(2)3)12-18(15(4)5)20(19)21(24)16-10-8-7-9-11-16/h7-15H,6H2,1-5H3. The maximum absolute atomic E-state index is 5.88. The molecule has 132 valence electrons. The lowest BCUT2D eigenvalue weighted by Crippen LogP contribution is -2.16. The summed E-state index contributed by atoms with van der Waals surface area (Å²) in [4.78, 5) is 0.830. The van der Waals surface area contributed by atoms with E-state index < -0.39 is 0 Å². The fourth-order valence-electron chi connectivity index (χ4n) is 2.83. The first kappa shape index (κ1) is 19.7. The monoisotopic (exact) mass is 370 g/mol. The minimum Gasteiger partial charge on any atom is -0.483 e. The first-order chi connectivity index (χ1) is 11.9. The van der Waals surface area contributed by atoms with Gasteiger partial charge < -0.3 is 4.74 Å². The van der Waals surface area contributed by atoms with Crippen molar-refractivity contribution in [2.45, 2.75) is 46.5 Å². The van der Waals surface area contributed by atoms with Crippen LogP contribution in [0.5, 0.6) is 0 Å².